The number of rotatable bonds is 9. The molecule has 1 aromatic carbocycles. The Hall–Kier alpha value is -1.19. The highest BCUT2D eigenvalue weighted by Crippen LogP contribution is 2.47. The SMILES string of the molecule is CCC(CC)CCCCN1CCC(c2nc(-c3ccc4c(c3)C(C)(C)CCC4(C)C)cs2)CC1. The Kier molecular flexibility index (Phi) is 8.24. The fraction of sp³-hybridized carbons (Fsp3) is 0.710. The lowest BCUT2D eigenvalue weighted by atomic mass is 9.63. The van der Waals surface area contributed by atoms with E-state index < -0.39 is 0 Å². The largest absolute Gasteiger partial charge is 0.303 e. The van der Waals surface area contributed by atoms with Crippen LogP contribution in [0.25, 0.3) is 11.3 Å². The Morgan fingerprint density at radius 2 is 1.65 bits per heavy atom. The van der Waals surface area contributed by atoms with E-state index in [9.17, 15) is 0 Å². The van der Waals surface area contributed by atoms with E-state index in [4.69, 9.17) is 4.98 Å². The molecule has 0 saturated carbocycles. The quantitative estimate of drug-likeness (QED) is 0.333. The second-order valence-electron chi connectivity index (χ2n) is 12.4. The summed E-state index contributed by atoms with van der Waals surface area (Å²) in [5, 5.41) is 3.67. The van der Waals surface area contributed by atoms with Gasteiger partial charge in [-0.2, -0.15) is 0 Å². The van der Waals surface area contributed by atoms with Gasteiger partial charge in [-0.1, -0.05) is 79.4 Å². The zero-order chi connectivity index (χ0) is 24.3. The normalized spacial score (nSPS) is 20.6. The van der Waals surface area contributed by atoms with Crippen molar-refractivity contribution in [2.24, 2.45) is 5.92 Å². The molecule has 1 fully saturated rings. The maximum Gasteiger partial charge on any atom is 0.0964 e. The minimum Gasteiger partial charge on any atom is -0.303 e. The van der Waals surface area contributed by atoms with E-state index >= 15 is 0 Å². The molecule has 34 heavy (non-hydrogen) atoms. The standard InChI is InChI=1S/C31H48N2S/c1-7-23(8-2)11-9-10-18-33-19-14-24(15-20-33)29-32-28(22-34-29)25-12-13-26-27(21-25)31(5,6)17-16-30(26,3)4/h12-13,21-24H,7-11,14-20H2,1-6H3. The van der Waals surface area contributed by atoms with Crippen LogP contribution in [0.2, 0.25) is 0 Å². The maximum absolute atomic E-state index is 5.18. The van der Waals surface area contributed by atoms with Crippen molar-refractivity contribution < 1.29 is 0 Å². The molecule has 2 aliphatic rings. The second kappa shape index (κ2) is 10.8. The third-order valence-corrected chi connectivity index (χ3v) is 10.1. The van der Waals surface area contributed by atoms with Crippen molar-refractivity contribution in [3.63, 3.8) is 0 Å². The molecule has 188 valence electrons. The van der Waals surface area contributed by atoms with Crippen LogP contribution in [0.3, 0.4) is 0 Å². The Morgan fingerprint density at radius 1 is 0.971 bits per heavy atom. The van der Waals surface area contributed by atoms with Gasteiger partial charge in [0.1, 0.15) is 0 Å². The molecule has 0 spiro atoms. The van der Waals surface area contributed by atoms with Crippen molar-refractivity contribution >= 4 is 11.3 Å². The molecular weight excluding hydrogens is 432 g/mol. The third kappa shape index (κ3) is 5.78. The van der Waals surface area contributed by atoms with E-state index in [1.54, 1.807) is 0 Å². The van der Waals surface area contributed by atoms with Crippen LogP contribution in [0.15, 0.2) is 23.6 Å². The van der Waals surface area contributed by atoms with E-state index in [-0.39, 0.29) is 10.8 Å². The highest BCUT2D eigenvalue weighted by molar-refractivity contribution is 7.10. The van der Waals surface area contributed by atoms with Crippen molar-refractivity contribution in [2.75, 3.05) is 19.6 Å². The molecular formula is C31H48N2S. The minimum absolute atomic E-state index is 0.251. The molecule has 0 amide bonds. The molecule has 3 heteroatoms. The third-order valence-electron chi connectivity index (χ3n) is 9.10. The van der Waals surface area contributed by atoms with Gasteiger partial charge < -0.3 is 4.90 Å². The Labute approximate surface area is 213 Å². The monoisotopic (exact) mass is 480 g/mol. The highest BCUT2D eigenvalue weighted by Gasteiger charge is 2.37. The van der Waals surface area contributed by atoms with Crippen molar-refractivity contribution in [3.05, 3.63) is 39.7 Å². The summed E-state index contributed by atoms with van der Waals surface area (Å²) < 4.78 is 0. The van der Waals surface area contributed by atoms with Crippen LogP contribution < -0.4 is 0 Å². The van der Waals surface area contributed by atoms with E-state index in [0.29, 0.717) is 5.92 Å². The van der Waals surface area contributed by atoms with Crippen molar-refractivity contribution in [1.29, 1.82) is 0 Å². The van der Waals surface area contributed by atoms with Crippen LogP contribution in [0, 0.1) is 5.92 Å². The first-order valence-corrected chi connectivity index (χ1v) is 14.9. The highest BCUT2D eigenvalue weighted by atomic mass is 32.1. The molecule has 1 aliphatic heterocycles. The maximum atomic E-state index is 5.18. The van der Waals surface area contributed by atoms with Crippen molar-refractivity contribution in [2.45, 2.75) is 116 Å². The average Bonchev–Trinajstić information content (AvgIpc) is 3.33. The molecule has 0 bridgehead atoms. The van der Waals surface area contributed by atoms with Gasteiger partial charge in [0.25, 0.3) is 0 Å². The predicted octanol–water partition coefficient (Wildman–Crippen LogP) is 8.95. The first-order valence-electron chi connectivity index (χ1n) is 14.1. The second-order valence-corrected chi connectivity index (χ2v) is 13.3. The molecule has 2 aromatic rings. The lowest BCUT2D eigenvalue weighted by Gasteiger charge is -2.42. The summed E-state index contributed by atoms with van der Waals surface area (Å²) in [6.07, 6.45) is 11.9. The molecule has 0 radical (unpaired) electrons. The van der Waals surface area contributed by atoms with Crippen LogP contribution in [0.4, 0.5) is 0 Å². The number of nitrogens with zero attached hydrogens (tertiary/aromatic N) is 2. The summed E-state index contributed by atoms with van der Waals surface area (Å²) in [5.41, 5.74) is 6.09. The lowest BCUT2D eigenvalue weighted by molar-refractivity contribution is 0.206. The number of likely N-dealkylation sites (tertiary alicyclic amines) is 1. The molecule has 4 rings (SSSR count). The number of benzene rings is 1. The summed E-state index contributed by atoms with van der Waals surface area (Å²) in [6.45, 7) is 18.1. The number of hydrogen-bond donors (Lipinski definition) is 0. The van der Waals surface area contributed by atoms with Gasteiger partial charge in [-0.15, -0.1) is 11.3 Å². The van der Waals surface area contributed by atoms with E-state index in [2.05, 4.69) is 70.0 Å². The van der Waals surface area contributed by atoms with E-state index in [0.717, 1.165) is 5.92 Å². The van der Waals surface area contributed by atoms with Gasteiger partial charge in [0, 0.05) is 16.9 Å². The molecule has 2 heterocycles. The van der Waals surface area contributed by atoms with Gasteiger partial charge in [0.2, 0.25) is 0 Å². The van der Waals surface area contributed by atoms with E-state index in [1.165, 1.54) is 105 Å². The topological polar surface area (TPSA) is 16.1 Å². The van der Waals surface area contributed by atoms with Crippen LogP contribution >= 0.6 is 11.3 Å². The molecule has 0 atom stereocenters. The van der Waals surface area contributed by atoms with Crippen molar-refractivity contribution in [1.82, 2.24) is 9.88 Å². The Balaban J connectivity index is 1.34. The molecule has 0 unspecified atom stereocenters. The van der Waals surface area contributed by atoms with Crippen LogP contribution in [0.1, 0.15) is 121 Å². The zero-order valence-corrected chi connectivity index (χ0v) is 23.6. The average molecular weight is 481 g/mol. The minimum atomic E-state index is 0.251. The summed E-state index contributed by atoms with van der Waals surface area (Å²) in [6, 6.07) is 7.18. The van der Waals surface area contributed by atoms with Gasteiger partial charge in [-0.3, -0.25) is 0 Å². The summed E-state index contributed by atoms with van der Waals surface area (Å²) >= 11 is 1.89. The zero-order valence-electron chi connectivity index (χ0n) is 22.8. The van der Waals surface area contributed by atoms with Gasteiger partial charge in [0.15, 0.2) is 0 Å². The van der Waals surface area contributed by atoms with Crippen LogP contribution in [-0.2, 0) is 10.8 Å². The van der Waals surface area contributed by atoms with Crippen LogP contribution in [-0.4, -0.2) is 29.5 Å². The first-order chi connectivity index (χ1) is 16.2. The molecule has 1 aromatic heterocycles. The fourth-order valence-corrected chi connectivity index (χ4v) is 7.22. The number of hydrogen-bond acceptors (Lipinski definition) is 3. The van der Waals surface area contributed by atoms with Crippen LogP contribution in [0.5, 0.6) is 0 Å². The van der Waals surface area contributed by atoms with Crippen molar-refractivity contribution in [3.8, 4) is 11.3 Å². The lowest BCUT2D eigenvalue weighted by Crippen LogP contribution is -2.33. The predicted molar refractivity (Wildman–Crippen MR) is 149 cm³/mol. The van der Waals surface area contributed by atoms with E-state index in [1.807, 2.05) is 11.3 Å². The van der Waals surface area contributed by atoms with Gasteiger partial charge in [-0.25, -0.2) is 4.98 Å². The van der Waals surface area contributed by atoms with Gasteiger partial charge in [-0.05, 0) is 85.7 Å². The molecule has 1 saturated heterocycles. The summed E-state index contributed by atoms with van der Waals surface area (Å²) in [7, 11) is 0. The fourth-order valence-electron chi connectivity index (χ4n) is 6.22. The Bertz CT molecular complexity index is 929. The molecule has 2 nitrogen and oxygen atoms in total. The molecule has 0 N–H and O–H groups in total. The van der Waals surface area contributed by atoms with Gasteiger partial charge >= 0.3 is 0 Å². The number of thiazole rings is 1. The summed E-state index contributed by atoms with van der Waals surface area (Å²) in [4.78, 5) is 7.88. The Morgan fingerprint density at radius 3 is 2.32 bits per heavy atom. The number of unbranched alkanes of at least 4 members (excludes halogenated alkanes) is 1. The number of piperidine rings is 1. The van der Waals surface area contributed by atoms with Gasteiger partial charge in [0.05, 0.1) is 10.7 Å². The smallest absolute Gasteiger partial charge is 0.0964 e. The number of aromatic nitrogens is 1. The summed E-state index contributed by atoms with van der Waals surface area (Å²) in [5.74, 6) is 1.59. The number of fused-ring (bicyclic) bond motifs is 1. The molecule has 1 aliphatic carbocycles. The first kappa shape index (κ1) is 25.9.